The Morgan fingerprint density at radius 1 is 0.322 bits per heavy atom. The zero-order valence-corrected chi connectivity index (χ0v) is 72.5. The highest BCUT2D eigenvalue weighted by molar-refractivity contribution is 5.76. The van der Waals surface area contributed by atoms with Gasteiger partial charge in [-0.2, -0.15) is 0 Å². The molecule has 3 rings (SSSR count). The zero-order chi connectivity index (χ0) is 83.1. The molecule has 12 N–H and O–H groups in total. The summed E-state index contributed by atoms with van der Waals surface area (Å²) < 4.78 is 34.5. The van der Waals surface area contributed by atoms with Gasteiger partial charge in [-0.1, -0.05) is 388 Å². The highest BCUT2D eigenvalue weighted by Crippen LogP contribution is 2.34. The first-order valence-corrected chi connectivity index (χ1v) is 47.3. The molecule has 3 aliphatic rings. The summed E-state index contributed by atoms with van der Waals surface area (Å²) in [7, 11) is 0. The Morgan fingerprint density at radius 2 is 0.609 bits per heavy atom. The van der Waals surface area contributed by atoms with Gasteiger partial charge in [-0.25, -0.2) is 0 Å². The van der Waals surface area contributed by atoms with Crippen molar-refractivity contribution in [1.29, 1.82) is 0 Å². The number of amides is 1. The minimum Gasteiger partial charge on any atom is -0.394 e. The molecule has 3 aliphatic heterocycles. The number of hydrogen-bond acceptors (Lipinski definition) is 18. The van der Waals surface area contributed by atoms with Crippen molar-refractivity contribution in [3.05, 3.63) is 85.1 Å². The van der Waals surface area contributed by atoms with Gasteiger partial charge in [0.15, 0.2) is 18.9 Å². The molecule has 115 heavy (non-hydrogen) atoms. The number of aliphatic hydroxyl groups is 11. The zero-order valence-electron chi connectivity index (χ0n) is 72.5. The highest BCUT2D eigenvalue weighted by Gasteiger charge is 2.54. The summed E-state index contributed by atoms with van der Waals surface area (Å²) in [6.07, 6.45) is 76.1. The number of allylic oxidation sites excluding steroid dienone is 13. The van der Waals surface area contributed by atoms with Gasteiger partial charge in [0.1, 0.15) is 73.2 Å². The number of ether oxygens (including phenoxy) is 6. The van der Waals surface area contributed by atoms with Crippen molar-refractivity contribution in [1.82, 2.24) is 5.32 Å². The topological polar surface area (TPSA) is 307 Å². The molecule has 3 heterocycles. The van der Waals surface area contributed by atoms with Crippen LogP contribution in [0.1, 0.15) is 386 Å². The van der Waals surface area contributed by atoms with Gasteiger partial charge in [-0.3, -0.25) is 4.79 Å². The predicted octanol–water partition coefficient (Wildman–Crippen LogP) is 18.9. The molecule has 17 atom stereocenters. The standard InChI is InChI=1S/C96H173NO18/c1-3-5-7-9-11-13-15-17-19-21-23-25-27-29-31-33-35-37-38-39-40-42-44-46-48-50-52-54-56-58-60-62-64-66-68-70-72-74-84(102)97-79(80(101)73-71-69-67-65-63-61-59-57-55-53-51-49-47-45-43-41-36-34-32-30-28-26-24-22-20-18-16-14-12-10-8-6-4-2)78-110-94-90(108)87(105)92(82(76-99)112-94)115-96-91(109)88(106)93(83(77-100)113-96)114-95-89(107)86(104)85(103)81(75-98)111-95/h5,7,11,13,17,19,23,25,29,31,63,65,71,73,79-83,85-96,98-101,103-109H,3-4,6,8-10,12,14-16,18,20-22,24,26-28,30,32-62,64,66-70,72,74-78H2,1-2H3,(H,97,102)/b7-5-,13-11-,19-17-,25-23-,31-29-,65-63+,73-71+. The van der Waals surface area contributed by atoms with Gasteiger partial charge >= 0.3 is 0 Å². The van der Waals surface area contributed by atoms with Crippen molar-refractivity contribution in [2.45, 2.75) is 491 Å². The van der Waals surface area contributed by atoms with E-state index in [4.69, 9.17) is 28.4 Å². The molecule has 17 unspecified atom stereocenters. The molecule has 0 saturated carbocycles. The first kappa shape index (κ1) is 106. The molecule has 0 spiro atoms. The first-order chi connectivity index (χ1) is 56.3. The van der Waals surface area contributed by atoms with Crippen LogP contribution >= 0.6 is 0 Å². The fraction of sp³-hybridized carbons (Fsp3) is 0.844. The maximum atomic E-state index is 13.5. The minimum absolute atomic E-state index is 0.236. The number of carbonyl (C=O) groups is 1. The van der Waals surface area contributed by atoms with Crippen LogP contribution in [0, 0.1) is 0 Å². The summed E-state index contributed by atoms with van der Waals surface area (Å²) in [5, 5.41) is 121. The number of carbonyl (C=O) groups excluding carboxylic acids is 1. The average Bonchev–Trinajstić information content (AvgIpc) is 0.779. The number of rotatable bonds is 77. The molecule has 19 heteroatoms. The monoisotopic (exact) mass is 1630 g/mol. The van der Waals surface area contributed by atoms with Gasteiger partial charge in [0.25, 0.3) is 0 Å². The van der Waals surface area contributed by atoms with Crippen LogP contribution in [0.2, 0.25) is 0 Å². The maximum absolute atomic E-state index is 13.5. The van der Waals surface area contributed by atoms with Crippen molar-refractivity contribution in [2.75, 3.05) is 26.4 Å². The molecule has 3 fully saturated rings. The van der Waals surface area contributed by atoms with Gasteiger partial charge in [-0.15, -0.1) is 0 Å². The molecule has 3 saturated heterocycles. The van der Waals surface area contributed by atoms with E-state index in [1.54, 1.807) is 6.08 Å². The minimum atomic E-state index is -1.98. The maximum Gasteiger partial charge on any atom is 0.220 e. The molecule has 0 aromatic carbocycles. The summed E-state index contributed by atoms with van der Waals surface area (Å²) >= 11 is 0. The molecular weight excluding hydrogens is 1460 g/mol. The molecule has 670 valence electrons. The Hall–Kier alpha value is -3.03. The van der Waals surface area contributed by atoms with E-state index in [0.29, 0.717) is 12.8 Å². The smallest absolute Gasteiger partial charge is 0.220 e. The lowest BCUT2D eigenvalue weighted by Crippen LogP contribution is -2.66. The van der Waals surface area contributed by atoms with E-state index in [0.717, 1.165) is 70.6 Å². The quantitative estimate of drug-likeness (QED) is 0.0199. The number of aliphatic hydroxyl groups excluding tert-OH is 11. The third-order valence-corrected chi connectivity index (χ3v) is 23.2. The van der Waals surface area contributed by atoms with E-state index in [9.17, 15) is 61.0 Å². The highest BCUT2D eigenvalue weighted by atomic mass is 16.8. The second-order valence-electron chi connectivity index (χ2n) is 33.4. The van der Waals surface area contributed by atoms with Crippen LogP contribution in [0.25, 0.3) is 0 Å². The normalized spacial score (nSPS) is 25.0. The Bertz CT molecular complexity index is 2400. The van der Waals surface area contributed by atoms with Crippen LogP contribution in [0.4, 0.5) is 0 Å². The van der Waals surface area contributed by atoms with Gasteiger partial charge in [0.05, 0.1) is 38.6 Å². The van der Waals surface area contributed by atoms with Crippen LogP contribution in [0.5, 0.6) is 0 Å². The van der Waals surface area contributed by atoms with Gasteiger partial charge in [-0.05, 0) is 77.0 Å². The van der Waals surface area contributed by atoms with Crippen LogP contribution < -0.4 is 5.32 Å². The number of nitrogens with one attached hydrogen (secondary N) is 1. The lowest BCUT2D eigenvalue weighted by atomic mass is 9.96. The van der Waals surface area contributed by atoms with Crippen LogP contribution in [-0.4, -0.2) is 193 Å². The molecule has 0 radical (unpaired) electrons. The fourth-order valence-corrected chi connectivity index (χ4v) is 15.7. The van der Waals surface area contributed by atoms with E-state index in [-0.39, 0.29) is 18.9 Å². The van der Waals surface area contributed by atoms with Gasteiger partial charge in [0.2, 0.25) is 5.91 Å². The SMILES string of the molecule is CC/C=C\C/C=C\C/C=C\C/C=C\C/C=C\CCCCCCCCCCCCCCCCCCCCCCCC(=O)NC(COC1OC(CO)C(OC2OC(CO)C(OC3OC(CO)C(O)C(O)C3O)C(O)C2O)C(O)C1O)C(O)/C=C/CC/C=C/CCCCCCCCCCCCCCCCCCCCCCCCCCCCC. The van der Waals surface area contributed by atoms with Crippen LogP contribution in [0.3, 0.4) is 0 Å². The number of unbranched alkanes of at least 4 members (excludes halogenated alkanes) is 49. The van der Waals surface area contributed by atoms with E-state index >= 15 is 0 Å². The molecule has 0 aromatic heterocycles. The molecular formula is C96H173NO18. The average molecular weight is 1630 g/mol. The second-order valence-corrected chi connectivity index (χ2v) is 33.4. The van der Waals surface area contributed by atoms with E-state index in [1.165, 1.54) is 283 Å². The lowest BCUT2D eigenvalue weighted by molar-refractivity contribution is -0.379. The van der Waals surface area contributed by atoms with Crippen molar-refractivity contribution in [3.63, 3.8) is 0 Å². The Kier molecular flexibility index (Phi) is 69.0. The van der Waals surface area contributed by atoms with E-state index < -0.39 is 124 Å². The third-order valence-electron chi connectivity index (χ3n) is 23.2. The number of hydrogen-bond donors (Lipinski definition) is 12. The van der Waals surface area contributed by atoms with Crippen LogP contribution in [0.15, 0.2) is 85.1 Å². The third kappa shape index (κ3) is 52.8. The summed E-state index contributed by atoms with van der Waals surface area (Å²) in [6.45, 7) is 1.66. The molecule has 1 amide bonds. The largest absolute Gasteiger partial charge is 0.394 e. The Balaban J connectivity index is 1.31. The molecule has 0 aliphatic carbocycles. The summed E-state index contributed by atoms with van der Waals surface area (Å²) in [5.41, 5.74) is 0. The lowest BCUT2D eigenvalue weighted by Gasteiger charge is -2.48. The van der Waals surface area contributed by atoms with Crippen molar-refractivity contribution in [3.8, 4) is 0 Å². The molecule has 19 nitrogen and oxygen atoms in total. The first-order valence-electron chi connectivity index (χ1n) is 47.3. The Morgan fingerprint density at radius 3 is 0.974 bits per heavy atom. The molecule has 0 aromatic rings. The summed E-state index contributed by atoms with van der Waals surface area (Å²) in [6, 6.07) is -0.995. The fourth-order valence-electron chi connectivity index (χ4n) is 15.7. The Labute approximate surface area is 699 Å². The molecule has 0 bridgehead atoms. The van der Waals surface area contributed by atoms with Gasteiger partial charge < -0.3 is 89.9 Å². The van der Waals surface area contributed by atoms with Crippen molar-refractivity contribution in [2.24, 2.45) is 0 Å². The van der Waals surface area contributed by atoms with Crippen molar-refractivity contribution >= 4 is 5.91 Å². The predicted molar refractivity (Wildman–Crippen MR) is 466 cm³/mol. The van der Waals surface area contributed by atoms with E-state index in [1.807, 2.05) is 6.08 Å². The van der Waals surface area contributed by atoms with E-state index in [2.05, 4.69) is 92.1 Å². The summed E-state index contributed by atoms with van der Waals surface area (Å²) in [4.78, 5) is 13.5. The van der Waals surface area contributed by atoms with Crippen molar-refractivity contribution < 1.29 is 89.4 Å². The summed E-state index contributed by atoms with van der Waals surface area (Å²) in [5.74, 6) is -0.280. The van der Waals surface area contributed by atoms with Gasteiger partial charge in [0, 0.05) is 6.42 Å². The van der Waals surface area contributed by atoms with Crippen LogP contribution in [-0.2, 0) is 33.2 Å². The second kappa shape index (κ2) is 74.8.